The predicted octanol–water partition coefficient (Wildman–Crippen LogP) is 4.46. The number of carbonyl (C=O) groups is 1. The van der Waals surface area contributed by atoms with Crippen molar-refractivity contribution in [2.75, 3.05) is 19.5 Å². The zero-order valence-corrected chi connectivity index (χ0v) is 19.1. The molecule has 0 aliphatic heterocycles. The van der Waals surface area contributed by atoms with E-state index in [1.165, 1.54) is 37.3 Å². The normalized spacial score (nSPS) is 10.7. The second-order valence-corrected chi connectivity index (χ2v) is 8.67. The van der Waals surface area contributed by atoms with E-state index in [2.05, 4.69) is 25.7 Å². The Morgan fingerprint density at radius 1 is 1.03 bits per heavy atom. The highest BCUT2D eigenvalue weighted by Crippen LogP contribution is 2.32. The zero-order valence-electron chi connectivity index (χ0n) is 17.5. The number of carbonyl (C=O) groups excluding carboxylic acids is 1. The number of nitrogens with one attached hydrogen (secondary N) is 1. The number of methoxy groups -OCH3 is 2. The molecule has 0 atom stereocenters. The molecular weight excluding hydrogens is 450 g/mol. The third-order valence-electron chi connectivity index (χ3n) is 4.44. The number of hydrogen-bond donors (Lipinski definition) is 1. The predicted molar refractivity (Wildman–Crippen MR) is 121 cm³/mol. The average molecular weight is 470 g/mol. The molecule has 164 valence electrons. The summed E-state index contributed by atoms with van der Waals surface area (Å²) in [6.45, 7) is 1.99. The first-order valence-electron chi connectivity index (χ1n) is 9.46. The summed E-state index contributed by atoms with van der Waals surface area (Å²) < 4.78 is 17.0. The van der Waals surface area contributed by atoms with Crippen LogP contribution in [0.25, 0.3) is 11.5 Å². The van der Waals surface area contributed by atoms with Crippen LogP contribution >= 0.6 is 23.1 Å². The van der Waals surface area contributed by atoms with Gasteiger partial charge in [-0.25, -0.2) is 0 Å². The van der Waals surface area contributed by atoms with Crippen LogP contribution in [0.3, 0.4) is 0 Å². The van der Waals surface area contributed by atoms with E-state index in [0.29, 0.717) is 38.5 Å². The van der Waals surface area contributed by atoms with Gasteiger partial charge in [-0.05, 0) is 30.7 Å². The number of aryl methyl sites for hydroxylation is 1. The van der Waals surface area contributed by atoms with Crippen LogP contribution in [-0.4, -0.2) is 40.5 Å². The quantitative estimate of drug-likeness (QED) is 0.295. The molecule has 0 aliphatic carbocycles. The lowest BCUT2D eigenvalue weighted by Gasteiger charge is -2.11. The van der Waals surface area contributed by atoms with Crippen LogP contribution in [0.15, 0.2) is 51.2 Å². The summed E-state index contributed by atoms with van der Waals surface area (Å²) in [7, 11) is 2.99. The van der Waals surface area contributed by atoms with Crippen LogP contribution in [-0.2, 0) is 5.75 Å². The van der Waals surface area contributed by atoms with Crippen LogP contribution < -0.4 is 14.8 Å². The number of anilines is 1. The topological polar surface area (TPSA) is 112 Å². The number of amides is 1. The van der Waals surface area contributed by atoms with E-state index in [1.54, 1.807) is 18.2 Å². The summed E-state index contributed by atoms with van der Waals surface area (Å²) in [6.07, 6.45) is 0. The Kier molecular flexibility index (Phi) is 6.66. The van der Waals surface area contributed by atoms with E-state index in [1.807, 2.05) is 31.2 Å². The molecule has 0 saturated carbocycles. The number of benzene rings is 2. The van der Waals surface area contributed by atoms with E-state index in [0.717, 1.165) is 11.1 Å². The average Bonchev–Trinajstić information content (AvgIpc) is 3.46. The molecule has 2 heterocycles. The monoisotopic (exact) mass is 469 g/mol. The van der Waals surface area contributed by atoms with Crippen LogP contribution in [0.2, 0.25) is 0 Å². The van der Waals surface area contributed by atoms with E-state index in [4.69, 9.17) is 13.9 Å². The molecular formula is C21H19N5O4S2. The molecule has 0 bridgehead atoms. The molecule has 32 heavy (non-hydrogen) atoms. The van der Waals surface area contributed by atoms with Crippen molar-refractivity contribution in [2.24, 2.45) is 0 Å². The fourth-order valence-corrected chi connectivity index (χ4v) is 4.49. The highest BCUT2D eigenvalue weighted by Gasteiger charge is 2.20. The molecule has 4 rings (SSSR count). The van der Waals surface area contributed by atoms with E-state index >= 15 is 0 Å². The fraction of sp³-hybridized carbons (Fsp3) is 0.190. The summed E-state index contributed by atoms with van der Waals surface area (Å²) in [4.78, 5) is 12.8. The van der Waals surface area contributed by atoms with E-state index in [9.17, 15) is 4.79 Å². The maximum atomic E-state index is 12.8. The molecule has 0 unspecified atom stereocenters. The van der Waals surface area contributed by atoms with Gasteiger partial charge in [0.1, 0.15) is 17.1 Å². The molecule has 2 aromatic carbocycles. The van der Waals surface area contributed by atoms with Gasteiger partial charge in [-0.1, -0.05) is 47.4 Å². The van der Waals surface area contributed by atoms with Crippen LogP contribution in [0, 0.1) is 6.92 Å². The molecule has 2 aromatic heterocycles. The molecule has 0 spiro atoms. The summed E-state index contributed by atoms with van der Waals surface area (Å²) in [5, 5.41) is 19.5. The van der Waals surface area contributed by atoms with Gasteiger partial charge in [0.05, 0.1) is 20.0 Å². The summed E-state index contributed by atoms with van der Waals surface area (Å²) in [6, 6.07) is 12.9. The van der Waals surface area contributed by atoms with Crippen molar-refractivity contribution in [3.8, 4) is 23.0 Å². The highest BCUT2D eigenvalue weighted by atomic mass is 32.2. The van der Waals surface area contributed by atoms with Crippen molar-refractivity contribution >= 4 is 34.1 Å². The molecule has 11 heteroatoms. The summed E-state index contributed by atoms with van der Waals surface area (Å²) in [5.74, 6) is 1.81. The molecule has 0 fully saturated rings. The van der Waals surface area contributed by atoms with E-state index < -0.39 is 5.91 Å². The standard InChI is InChI=1S/C21H19N5O4S2/c1-12-7-4-5-8-13(12)19-24-23-16(30-19)11-31-21-26-25-20(32-21)22-18(27)17-14(28-2)9-6-10-15(17)29-3/h4-10H,11H2,1-3H3,(H,22,25,27). The Bertz CT molecular complexity index is 1220. The maximum Gasteiger partial charge on any atom is 0.265 e. The maximum absolute atomic E-state index is 12.8. The minimum absolute atomic E-state index is 0.288. The SMILES string of the molecule is COc1cccc(OC)c1C(=O)Nc1nnc(SCc2nnc(-c3ccccc3C)o2)s1. The summed E-state index contributed by atoms with van der Waals surface area (Å²) in [5.41, 5.74) is 2.26. The van der Waals surface area contributed by atoms with Gasteiger partial charge in [-0.15, -0.1) is 20.4 Å². The van der Waals surface area contributed by atoms with Crippen molar-refractivity contribution in [2.45, 2.75) is 17.0 Å². The molecule has 0 saturated heterocycles. The van der Waals surface area contributed by atoms with Crippen molar-refractivity contribution in [1.82, 2.24) is 20.4 Å². The lowest BCUT2D eigenvalue weighted by molar-refractivity contribution is 0.102. The van der Waals surface area contributed by atoms with Crippen LogP contribution in [0.5, 0.6) is 11.5 Å². The minimum Gasteiger partial charge on any atom is -0.496 e. The molecule has 1 amide bonds. The second kappa shape index (κ2) is 9.79. The first-order chi connectivity index (χ1) is 15.6. The van der Waals surface area contributed by atoms with Gasteiger partial charge < -0.3 is 13.9 Å². The molecule has 4 aromatic rings. The zero-order chi connectivity index (χ0) is 22.5. The van der Waals surface area contributed by atoms with Gasteiger partial charge in [0, 0.05) is 5.56 Å². The van der Waals surface area contributed by atoms with Gasteiger partial charge in [0.2, 0.25) is 16.9 Å². The Labute approximate surface area is 192 Å². The smallest absolute Gasteiger partial charge is 0.265 e. The van der Waals surface area contributed by atoms with Crippen molar-refractivity contribution < 1.29 is 18.7 Å². The van der Waals surface area contributed by atoms with Crippen molar-refractivity contribution in [3.63, 3.8) is 0 Å². The van der Waals surface area contributed by atoms with Crippen LogP contribution in [0.4, 0.5) is 5.13 Å². The number of thioether (sulfide) groups is 1. The number of aromatic nitrogens is 4. The third-order valence-corrected chi connectivity index (χ3v) is 6.40. The fourth-order valence-electron chi connectivity index (χ4n) is 2.91. The lowest BCUT2D eigenvalue weighted by atomic mass is 10.1. The van der Waals surface area contributed by atoms with Gasteiger partial charge in [-0.2, -0.15) is 0 Å². The lowest BCUT2D eigenvalue weighted by Crippen LogP contribution is -2.14. The third kappa shape index (κ3) is 4.73. The second-order valence-electron chi connectivity index (χ2n) is 6.47. The molecule has 0 radical (unpaired) electrons. The van der Waals surface area contributed by atoms with Crippen molar-refractivity contribution in [3.05, 3.63) is 59.5 Å². The number of nitrogens with zero attached hydrogens (tertiary/aromatic N) is 4. The Balaban J connectivity index is 1.40. The Hall–Kier alpha value is -3.44. The molecule has 1 N–H and O–H groups in total. The van der Waals surface area contributed by atoms with Gasteiger partial charge in [-0.3, -0.25) is 10.1 Å². The first kappa shape index (κ1) is 21.8. The number of ether oxygens (including phenoxy) is 2. The Morgan fingerprint density at radius 2 is 1.78 bits per heavy atom. The summed E-state index contributed by atoms with van der Waals surface area (Å²) >= 11 is 2.64. The number of rotatable bonds is 8. The molecule has 0 aliphatic rings. The highest BCUT2D eigenvalue weighted by molar-refractivity contribution is 8.00. The first-order valence-corrected chi connectivity index (χ1v) is 11.3. The van der Waals surface area contributed by atoms with Gasteiger partial charge >= 0.3 is 0 Å². The number of hydrogen-bond acceptors (Lipinski definition) is 10. The van der Waals surface area contributed by atoms with Gasteiger partial charge in [0.15, 0.2) is 4.34 Å². The van der Waals surface area contributed by atoms with E-state index in [-0.39, 0.29) is 5.56 Å². The minimum atomic E-state index is -0.397. The Morgan fingerprint density at radius 3 is 2.50 bits per heavy atom. The largest absolute Gasteiger partial charge is 0.496 e. The van der Waals surface area contributed by atoms with Crippen LogP contribution in [0.1, 0.15) is 21.8 Å². The molecule has 9 nitrogen and oxygen atoms in total. The van der Waals surface area contributed by atoms with Crippen molar-refractivity contribution in [1.29, 1.82) is 0 Å². The van der Waals surface area contributed by atoms with Gasteiger partial charge in [0.25, 0.3) is 5.91 Å².